The lowest BCUT2D eigenvalue weighted by atomic mass is 9.57. The first-order valence-corrected chi connectivity index (χ1v) is 19.9. The minimum Gasteiger partial charge on any atom is -0.323 e. The molecule has 0 heterocycles. The number of benzene rings is 1. The van der Waals surface area contributed by atoms with Crippen LogP contribution in [-0.4, -0.2) is 14.1 Å². The first kappa shape index (κ1) is 49.0. The fraction of sp³-hybridized carbons (Fsp3) is 0.667. The number of rotatable bonds is 10. The molecule has 1 fully saturated rings. The van der Waals surface area contributed by atoms with Crippen LogP contribution >= 0.6 is 0 Å². The molecule has 1 N–H and O–H groups in total. The van der Waals surface area contributed by atoms with Crippen LogP contribution in [0.15, 0.2) is 72.9 Å². The van der Waals surface area contributed by atoms with E-state index in [9.17, 15) is 0 Å². The van der Waals surface area contributed by atoms with Crippen molar-refractivity contribution < 1.29 is 0 Å². The Morgan fingerprint density at radius 1 is 0.898 bits per heavy atom. The van der Waals surface area contributed by atoms with E-state index < -0.39 is 0 Å². The van der Waals surface area contributed by atoms with Gasteiger partial charge in [-0.3, -0.25) is 0 Å². The highest BCUT2D eigenvalue weighted by Crippen LogP contribution is 2.56. The number of allylic oxidation sites excluding steroid dienone is 7. The quantitative estimate of drug-likeness (QED) is 0.243. The Labute approximate surface area is 309 Å². The summed E-state index contributed by atoms with van der Waals surface area (Å²) in [6.07, 6.45) is 20.8. The second-order valence-corrected chi connectivity index (χ2v) is 16.8. The summed E-state index contributed by atoms with van der Waals surface area (Å²) in [5.74, 6) is 2.51. The first-order valence-electron chi connectivity index (χ1n) is 19.9. The highest BCUT2D eigenvalue weighted by atomic mass is 14.7. The van der Waals surface area contributed by atoms with Crippen molar-refractivity contribution in [3.05, 3.63) is 84.0 Å². The molecule has 0 aliphatic heterocycles. The molecule has 1 saturated carbocycles. The van der Waals surface area contributed by atoms with E-state index in [1.54, 1.807) is 5.57 Å². The summed E-state index contributed by atoms with van der Waals surface area (Å²) >= 11 is 0. The zero-order valence-electron chi connectivity index (χ0n) is 35.8. The lowest BCUT2D eigenvalue weighted by molar-refractivity contribution is 0.295. The Hall–Kier alpha value is -2.12. The van der Waals surface area contributed by atoms with Crippen LogP contribution in [-0.2, 0) is 0 Å². The van der Waals surface area contributed by atoms with Crippen LogP contribution in [0.25, 0.3) is 11.1 Å². The number of nitrogens with one attached hydrogen (secondary N) is 1. The van der Waals surface area contributed by atoms with Crippen molar-refractivity contribution >= 4 is 11.1 Å². The third kappa shape index (κ3) is 21.0. The van der Waals surface area contributed by atoms with Crippen LogP contribution in [0.3, 0.4) is 0 Å². The van der Waals surface area contributed by atoms with E-state index >= 15 is 0 Å². The van der Waals surface area contributed by atoms with E-state index in [0.717, 1.165) is 36.7 Å². The SMILES string of the molecule is C=C(C)C.C=C(C)c1ccc(C2=CCC(C)(CCC(=C)C(C)CCCC)/C(=C\CC)C2(C)C)cc1.CC(C)C.CC1CCCCC1.CNC. The Bertz CT molecular complexity index is 1100. The number of hydrogen-bond donors (Lipinski definition) is 1. The van der Waals surface area contributed by atoms with Gasteiger partial charge in [0.15, 0.2) is 0 Å². The minimum absolute atomic E-state index is 0.0307. The number of unbranched alkanes of at least 4 members (excludes halogenated alkanes) is 1. The van der Waals surface area contributed by atoms with Crippen molar-refractivity contribution in [3.8, 4) is 0 Å². The Morgan fingerprint density at radius 2 is 1.39 bits per heavy atom. The molecule has 49 heavy (non-hydrogen) atoms. The van der Waals surface area contributed by atoms with Crippen molar-refractivity contribution in [3.63, 3.8) is 0 Å². The van der Waals surface area contributed by atoms with Gasteiger partial charge < -0.3 is 5.32 Å². The van der Waals surface area contributed by atoms with Crippen molar-refractivity contribution in [2.24, 2.45) is 28.6 Å². The maximum atomic E-state index is 4.47. The molecule has 1 aromatic rings. The second-order valence-electron chi connectivity index (χ2n) is 16.8. The van der Waals surface area contributed by atoms with Crippen LogP contribution in [0.4, 0.5) is 0 Å². The molecule has 1 aromatic carbocycles. The molecule has 2 unspecified atom stereocenters. The van der Waals surface area contributed by atoms with Gasteiger partial charge in [0.05, 0.1) is 0 Å². The summed E-state index contributed by atoms with van der Waals surface area (Å²) in [7, 11) is 3.75. The third-order valence-electron chi connectivity index (χ3n) is 9.43. The molecular formula is C48H85N. The summed E-state index contributed by atoms with van der Waals surface area (Å²) in [6.45, 7) is 41.2. The molecule has 1 heteroatoms. The van der Waals surface area contributed by atoms with Crippen LogP contribution in [0.1, 0.15) is 178 Å². The van der Waals surface area contributed by atoms with Crippen LogP contribution < -0.4 is 5.32 Å². The average Bonchev–Trinajstić information content (AvgIpc) is 3.01. The lowest BCUT2D eigenvalue weighted by Crippen LogP contribution is -2.34. The standard InChI is InChI=1S/C31H46.C7H14.C4H10.C4H8.C2H7N/c1-10-12-14-24(5)25(6)19-21-31(9)22-20-28(30(7,8)29(31)13-11-2)27-17-15-26(16-18-27)23(3)4;1-7-5-3-2-4-6-7;2*1-4(2)3;1-3-2/h13,15-18,20,24H,3,6,10-12,14,19,21-22H2,1-2,4-5,7-9H3;7H,2-6H2,1H3;4H,1-3H3;1H2,2-3H3;3H,1-2H3/b29-13-;;;;. The van der Waals surface area contributed by atoms with Crippen LogP contribution in [0, 0.1) is 28.6 Å². The predicted molar refractivity (Wildman–Crippen MR) is 229 cm³/mol. The molecule has 2 aliphatic rings. The van der Waals surface area contributed by atoms with Gasteiger partial charge in [0.25, 0.3) is 0 Å². The van der Waals surface area contributed by atoms with Crippen LogP contribution in [0.5, 0.6) is 0 Å². The average molecular weight is 676 g/mol. The molecule has 0 bridgehead atoms. The van der Waals surface area contributed by atoms with E-state index in [4.69, 9.17) is 0 Å². The zero-order chi connectivity index (χ0) is 38.2. The highest BCUT2D eigenvalue weighted by Gasteiger charge is 2.42. The van der Waals surface area contributed by atoms with Crippen molar-refractivity contribution in [1.82, 2.24) is 5.32 Å². The molecule has 0 aromatic heterocycles. The third-order valence-corrected chi connectivity index (χ3v) is 9.43. The fourth-order valence-corrected chi connectivity index (χ4v) is 6.65. The molecular weight excluding hydrogens is 591 g/mol. The number of hydrogen-bond acceptors (Lipinski definition) is 1. The molecule has 0 saturated heterocycles. The van der Waals surface area contributed by atoms with Gasteiger partial charge in [-0.15, -0.1) is 6.58 Å². The molecule has 0 radical (unpaired) electrons. The summed E-state index contributed by atoms with van der Waals surface area (Å²) in [5.41, 5.74) is 9.60. The maximum Gasteiger partial charge on any atom is 0.0113 e. The van der Waals surface area contributed by atoms with Gasteiger partial charge in [0.1, 0.15) is 0 Å². The fourth-order valence-electron chi connectivity index (χ4n) is 6.65. The Kier molecular flexibility index (Phi) is 26.7. The maximum absolute atomic E-state index is 4.47. The summed E-state index contributed by atoms with van der Waals surface area (Å²) in [5, 5.41) is 2.75. The van der Waals surface area contributed by atoms with Crippen molar-refractivity contribution in [1.29, 1.82) is 0 Å². The highest BCUT2D eigenvalue weighted by molar-refractivity contribution is 5.76. The smallest absolute Gasteiger partial charge is 0.0113 e. The van der Waals surface area contributed by atoms with Gasteiger partial charge in [-0.25, -0.2) is 0 Å². The van der Waals surface area contributed by atoms with Gasteiger partial charge in [-0.1, -0.05) is 186 Å². The Balaban J connectivity index is 0. The van der Waals surface area contributed by atoms with E-state index in [2.05, 4.69) is 138 Å². The zero-order valence-corrected chi connectivity index (χ0v) is 35.8. The van der Waals surface area contributed by atoms with Gasteiger partial charge in [0, 0.05) is 5.41 Å². The Morgan fingerprint density at radius 3 is 1.78 bits per heavy atom. The van der Waals surface area contributed by atoms with E-state index in [-0.39, 0.29) is 10.8 Å². The monoisotopic (exact) mass is 676 g/mol. The minimum atomic E-state index is 0.0307. The van der Waals surface area contributed by atoms with Gasteiger partial charge in [0.2, 0.25) is 0 Å². The molecule has 2 atom stereocenters. The van der Waals surface area contributed by atoms with E-state index in [1.807, 2.05) is 27.9 Å². The predicted octanol–water partition coefficient (Wildman–Crippen LogP) is 15.7. The summed E-state index contributed by atoms with van der Waals surface area (Å²) in [6, 6.07) is 8.99. The molecule has 2 aliphatic carbocycles. The molecule has 0 spiro atoms. The van der Waals surface area contributed by atoms with E-state index in [1.165, 1.54) is 85.6 Å². The summed E-state index contributed by atoms with van der Waals surface area (Å²) < 4.78 is 0. The van der Waals surface area contributed by atoms with Crippen molar-refractivity contribution in [2.45, 2.75) is 167 Å². The molecule has 282 valence electrons. The molecule has 0 amide bonds. The van der Waals surface area contributed by atoms with Crippen molar-refractivity contribution in [2.75, 3.05) is 14.1 Å². The first-order chi connectivity index (χ1) is 22.8. The van der Waals surface area contributed by atoms with Crippen LogP contribution in [0.2, 0.25) is 0 Å². The van der Waals surface area contributed by atoms with Gasteiger partial charge in [-0.2, -0.15) is 0 Å². The lowest BCUT2D eigenvalue weighted by Gasteiger charge is -2.47. The second kappa shape index (κ2) is 26.7. The van der Waals surface area contributed by atoms with E-state index in [0.29, 0.717) is 5.92 Å². The normalized spacial score (nSPS) is 19.7. The van der Waals surface area contributed by atoms with Gasteiger partial charge >= 0.3 is 0 Å². The largest absolute Gasteiger partial charge is 0.323 e. The van der Waals surface area contributed by atoms with Gasteiger partial charge in [-0.05, 0) is 107 Å². The topological polar surface area (TPSA) is 12.0 Å². The molecule has 1 nitrogen and oxygen atoms in total. The summed E-state index contributed by atoms with van der Waals surface area (Å²) in [4.78, 5) is 0. The molecule has 3 rings (SSSR count).